The summed E-state index contributed by atoms with van der Waals surface area (Å²) in [6, 6.07) is 5.37. The summed E-state index contributed by atoms with van der Waals surface area (Å²) in [4.78, 5) is 34.5. The molecule has 0 aromatic heterocycles. The minimum atomic E-state index is -1.02. The van der Waals surface area contributed by atoms with E-state index in [4.69, 9.17) is 5.11 Å². The number of carbonyl (C=O) groups is 3. The lowest BCUT2D eigenvalue weighted by Gasteiger charge is -2.17. The second-order valence-electron chi connectivity index (χ2n) is 4.90. The molecule has 1 fully saturated rings. The molecule has 1 aliphatic heterocycles. The van der Waals surface area contributed by atoms with Crippen LogP contribution in [-0.2, 0) is 4.79 Å². The van der Waals surface area contributed by atoms with E-state index >= 15 is 0 Å². The van der Waals surface area contributed by atoms with E-state index in [1.54, 1.807) is 26.0 Å². The van der Waals surface area contributed by atoms with Crippen LogP contribution in [0.2, 0.25) is 0 Å². The number of carboxylic acid groups (broad SMARTS) is 1. The molecule has 1 saturated heterocycles. The average Bonchev–Trinajstić information content (AvgIpc) is 2.68. The molecule has 0 aliphatic carbocycles. The second-order valence-corrected chi connectivity index (χ2v) is 4.90. The first-order chi connectivity index (χ1) is 9.87. The van der Waals surface area contributed by atoms with Crippen LogP contribution in [0, 0.1) is 0 Å². The summed E-state index contributed by atoms with van der Waals surface area (Å²) >= 11 is 0. The van der Waals surface area contributed by atoms with Gasteiger partial charge in [0.15, 0.2) is 0 Å². The Morgan fingerprint density at radius 2 is 2.00 bits per heavy atom. The molecule has 7 nitrogen and oxygen atoms in total. The zero-order chi connectivity index (χ0) is 15.6. The van der Waals surface area contributed by atoms with E-state index < -0.39 is 23.4 Å². The van der Waals surface area contributed by atoms with Crippen molar-refractivity contribution in [2.75, 3.05) is 0 Å². The number of carbonyl (C=O) groups excluding carboxylic acids is 2. The van der Waals surface area contributed by atoms with Crippen molar-refractivity contribution in [3.8, 4) is 0 Å². The number of hydrazone groups is 1. The molecule has 1 atom stereocenters. The zero-order valence-electron chi connectivity index (χ0n) is 11.7. The van der Waals surface area contributed by atoms with Gasteiger partial charge in [-0.15, -0.1) is 5.01 Å². The maximum absolute atomic E-state index is 12.1. The largest absolute Gasteiger partial charge is 0.478 e. The molecule has 3 amide bonds. The van der Waals surface area contributed by atoms with Crippen LogP contribution in [0.15, 0.2) is 29.4 Å². The molecule has 1 aliphatic rings. The molecule has 0 spiro atoms. The molecule has 1 aromatic rings. The third kappa shape index (κ3) is 2.76. The number of imide groups is 1. The number of nitrogens with one attached hydrogen (secondary N) is 1. The first kappa shape index (κ1) is 14.7. The molecule has 2 N–H and O–H groups in total. The molecule has 0 radical (unpaired) electrons. The normalized spacial score (nSPS) is 21.9. The Labute approximate surface area is 121 Å². The summed E-state index contributed by atoms with van der Waals surface area (Å²) in [6.45, 7) is 3.44. The van der Waals surface area contributed by atoms with Crippen LogP contribution in [0.3, 0.4) is 0 Å². The number of hydrogen-bond donors (Lipinski definition) is 2. The van der Waals surface area contributed by atoms with Crippen LogP contribution in [0.5, 0.6) is 0 Å². The average molecular weight is 289 g/mol. The number of urea groups is 1. The van der Waals surface area contributed by atoms with Crippen molar-refractivity contribution >= 4 is 24.1 Å². The molecule has 110 valence electrons. The topological polar surface area (TPSA) is 99.1 Å². The minimum absolute atomic E-state index is 0.153. The molecule has 1 aromatic carbocycles. The molecule has 2 rings (SSSR count). The summed E-state index contributed by atoms with van der Waals surface area (Å²) in [7, 11) is 0. The van der Waals surface area contributed by atoms with Gasteiger partial charge in [-0.2, -0.15) is 5.10 Å². The Morgan fingerprint density at radius 1 is 1.38 bits per heavy atom. The Balaban J connectivity index is 2.16. The van der Waals surface area contributed by atoms with Gasteiger partial charge in [0.1, 0.15) is 5.54 Å². The van der Waals surface area contributed by atoms with E-state index in [1.807, 2.05) is 0 Å². The summed E-state index contributed by atoms with van der Waals surface area (Å²) in [5.74, 6) is -1.43. The van der Waals surface area contributed by atoms with Gasteiger partial charge < -0.3 is 10.4 Å². The van der Waals surface area contributed by atoms with Gasteiger partial charge >= 0.3 is 12.0 Å². The van der Waals surface area contributed by atoms with Crippen LogP contribution in [0.4, 0.5) is 4.79 Å². The maximum Gasteiger partial charge on any atom is 0.346 e. The van der Waals surface area contributed by atoms with Gasteiger partial charge in [-0.1, -0.05) is 19.1 Å². The lowest BCUT2D eigenvalue weighted by Crippen LogP contribution is -2.42. The second kappa shape index (κ2) is 5.35. The van der Waals surface area contributed by atoms with Crippen molar-refractivity contribution in [2.45, 2.75) is 25.8 Å². The quantitative estimate of drug-likeness (QED) is 0.647. The monoisotopic (exact) mass is 289 g/mol. The van der Waals surface area contributed by atoms with Gasteiger partial charge in [-0.25, -0.2) is 9.59 Å². The predicted octanol–water partition coefficient (Wildman–Crippen LogP) is 1.44. The highest BCUT2D eigenvalue weighted by molar-refractivity contribution is 6.07. The van der Waals surface area contributed by atoms with Gasteiger partial charge in [-0.3, -0.25) is 4.79 Å². The standard InChI is InChI=1S/C14H15N3O4/c1-3-14(2)12(20)17(13(21)16-14)15-8-9-4-6-10(7-5-9)11(18)19/h4-8H,3H2,1-2H3,(H,16,21)(H,18,19)/b15-8-/t14-/m0/s1. The summed E-state index contributed by atoms with van der Waals surface area (Å²) in [5, 5.41) is 16.0. The van der Waals surface area contributed by atoms with E-state index in [1.165, 1.54) is 18.3 Å². The van der Waals surface area contributed by atoms with Crippen LogP contribution in [0.1, 0.15) is 36.2 Å². The highest BCUT2D eigenvalue weighted by Gasteiger charge is 2.46. The smallest absolute Gasteiger partial charge is 0.346 e. The van der Waals surface area contributed by atoms with Crippen molar-refractivity contribution in [1.82, 2.24) is 10.3 Å². The lowest BCUT2D eigenvalue weighted by atomic mass is 10.00. The molecule has 21 heavy (non-hydrogen) atoms. The Morgan fingerprint density at radius 3 is 2.48 bits per heavy atom. The molecule has 0 saturated carbocycles. The summed E-state index contributed by atoms with van der Waals surface area (Å²) in [6.07, 6.45) is 1.81. The van der Waals surface area contributed by atoms with Crippen molar-refractivity contribution in [3.63, 3.8) is 0 Å². The summed E-state index contributed by atoms with van der Waals surface area (Å²) < 4.78 is 0. The number of amides is 3. The fraction of sp³-hybridized carbons (Fsp3) is 0.286. The lowest BCUT2D eigenvalue weighted by molar-refractivity contribution is -0.130. The highest BCUT2D eigenvalue weighted by atomic mass is 16.4. The van der Waals surface area contributed by atoms with E-state index in [0.29, 0.717) is 12.0 Å². The van der Waals surface area contributed by atoms with Crippen LogP contribution >= 0.6 is 0 Å². The number of carboxylic acids is 1. The molecule has 0 bridgehead atoms. The molecule has 7 heteroatoms. The molecule has 0 unspecified atom stereocenters. The fourth-order valence-electron chi connectivity index (χ4n) is 1.85. The van der Waals surface area contributed by atoms with Crippen LogP contribution < -0.4 is 5.32 Å². The van der Waals surface area contributed by atoms with Crippen molar-refractivity contribution in [3.05, 3.63) is 35.4 Å². The van der Waals surface area contributed by atoms with Crippen LogP contribution in [0.25, 0.3) is 0 Å². The first-order valence-electron chi connectivity index (χ1n) is 6.41. The van der Waals surface area contributed by atoms with E-state index in [2.05, 4.69) is 10.4 Å². The van der Waals surface area contributed by atoms with E-state index in [0.717, 1.165) is 5.01 Å². The SMILES string of the molecule is CC[C@]1(C)NC(=O)N(/N=C\c2ccc(C(=O)O)cc2)C1=O. The van der Waals surface area contributed by atoms with Crippen LogP contribution in [-0.4, -0.2) is 39.8 Å². The van der Waals surface area contributed by atoms with Gasteiger partial charge in [0.25, 0.3) is 5.91 Å². The van der Waals surface area contributed by atoms with Crippen molar-refractivity contribution in [1.29, 1.82) is 0 Å². The van der Waals surface area contributed by atoms with E-state index in [9.17, 15) is 14.4 Å². The number of rotatable bonds is 4. The Hall–Kier alpha value is -2.70. The van der Waals surface area contributed by atoms with Crippen molar-refractivity contribution in [2.24, 2.45) is 5.10 Å². The zero-order valence-corrected chi connectivity index (χ0v) is 11.7. The van der Waals surface area contributed by atoms with Gasteiger partial charge in [-0.05, 0) is 31.0 Å². The number of nitrogens with zero attached hydrogens (tertiary/aromatic N) is 2. The van der Waals surface area contributed by atoms with Gasteiger partial charge in [0.2, 0.25) is 0 Å². The third-order valence-corrected chi connectivity index (χ3v) is 3.43. The van der Waals surface area contributed by atoms with Gasteiger partial charge in [0.05, 0.1) is 11.8 Å². The Bertz CT molecular complexity index is 624. The first-order valence-corrected chi connectivity index (χ1v) is 6.41. The number of hydrogen-bond acceptors (Lipinski definition) is 4. The minimum Gasteiger partial charge on any atom is -0.478 e. The summed E-state index contributed by atoms with van der Waals surface area (Å²) in [5.41, 5.74) is -0.187. The molecular weight excluding hydrogens is 274 g/mol. The van der Waals surface area contributed by atoms with E-state index in [-0.39, 0.29) is 5.56 Å². The predicted molar refractivity (Wildman–Crippen MR) is 75.1 cm³/mol. The number of benzene rings is 1. The molecular formula is C14H15N3O4. The van der Waals surface area contributed by atoms with Gasteiger partial charge in [0, 0.05) is 0 Å². The maximum atomic E-state index is 12.1. The number of aromatic carboxylic acids is 1. The molecule has 1 heterocycles. The fourth-order valence-corrected chi connectivity index (χ4v) is 1.85. The highest BCUT2D eigenvalue weighted by Crippen LogP contribution is 2.20. The Kier molecular flexibility index (Phi) is 3.75. The van der Waals surface area contributed by atoms with Crippen molar-refractivity contribution < 1.29 is 19.5 Å². The third-order valence-electron chi connectivity index (χ3n) is 3.43.